The van der Waals surface area contributed by atoms with Crippen LogP contribution in [0.25, 0.3) is 0 Å². The van der Waals surface area contributed by atoms with Crippen LogP contribution >= 0.6 is 15.9 Å². The molecule has 17 heavy (non-hydrogen) atoms. The summed E-state index contributed by atoms with van der Waals surface area (Å²) in [5, 5.41) is 1.17. The first-order valence-electron chi connectivity index (χ1n) is 7.18. The molecule has 1 saturated heterocycles. The molecule has 0 amide bonds. The average molecular weight is 306 g/mol. The monoisotopic (exact) mass is 305 g/mol. The number of unbranched alkanes of at least 4 members (excludes halogenated alkanes) is 6. The van der Waals surface area contributed by atoms with Crippen LogP contribution in [0.2, 0.25) is 0 Å². The average Bonchev–Trinajstić information content (AvgIpc) is 2.80. The molecule has 1 heterocycles. The molecule has 2 nitrogen and oxygen atoms in total. The Morgan fingerprint density at radius 2 is 1.71 bits per heavy atom. The standard InChI is InChI=1S/C14H28BrNO/c1-17-14-9-12-16(13-14)11-8-6-4-2-3-5-7-10-15/h14H,2-13H2,1H3. The first-order chi connectivity index (χ1) is 8.36. The van der Waals surface area contributed by atoms with Gasteiger partial charge in [-0.3, -0.25) is 0 Å². The van der Waals surface area contributed by atoms with E-state index in [1.165, 1.54) is 69.8 Å². The molecule has 0 radical (unpaired) electrons. The third-order valence-corrected chi connectivity index (χ3v) is 4.23. The van der Waals surface area contributed by atoms with Crippen molar-refractivity contribution in [3.63, 3.8) is 0 Å². The van der Waals surface area contributed by atoms with E-state index < -0.39 is 0 Å². The zero-order valence-corrected chi connectivity index (χ0v) is 12.9. The number of hydrogen-bond acceptors (Lipinski definition) is 2. The van der Waals surface area contributed by atoms with Crippen LogP contribution in [0.3, 0.4) is 0 Å². The molecule has 0 spiro atoms. The van der Waals surface area contributed by atoms with Crippen molar-refractivity contribution >= 4 is 15.9 Å². The molecular weight excluding hydrogens is 278 g/mol. The largest absolute Gasteiger partial charge is 0.380 e. The van der Waals surface area contributed by atoms with Gasteiger partial charge in [-0.1, -0.05) is 48.0 Å². The quantitative estimate of drug-likeness (QED) is 0.449. The molecule has 3 heteroatoms. The van der Waals surface area contributed by atoms with Crippen LogP contribution in [0.5, 0.6) is 0 Å². The normalized spacial score (nSPS) is 21.2. The molecule has 0 saturated carbocycles. The number of rotatable bonds is 10. The van der Waals surface area contributed by atoms with Gasteiger partial charge in [0.1, 0.15) is 0 Å². The highest BCUT2D eigenvalue weighted by atomic mass is 79.9. The number of alkyl halides is 1. The molecule has 102 valence electrons. The molecule has 1 aliphatic heterocycles. The number of ether oxygens (including phenoxy) is 1. The van der Waals surface area contributed by atoms with Crippen molar-refractivity contribution in [2.24, 2.45) is 0 Å². The molecule has 1 atom stereocenters. The fourth-order valence-electron chi connectivity index (χ4n) is 2.51. The smallest absolute Gasteiger partial charge is 0.0710 e. The van der Waals surface area contributed by atoms with Gasteiger partial charge in [-0.2, -0.15) is 0 Å². The van der Waals surface area contributed by atoms with Crippen LogP contribution < -0.4 is 0 Å². The fraction of sp³-hybridized carbons (Fsp3) is 1.00. The maximum Gasteiger partial charge on any atom is 0.0710 e. The van der Waals surface area contributed by atoms with E-state index in [-0.39, 0.29) is 0 Å². The molecule has 1 rings (SSSR count). The van der Waals surface area contributed by atoms with Crippen LogP contribution in [-0.4, -0.2) is 43.1 Å². The van der Waals surface area contributed by atoms with Crippen molar-refractivity contribution in [1.29, 1.82) is 0 Å². The van der Waals surface area contributed by atoms with E-state index in [2.05, 4.69) is 20.8 Å². The van der Waals surface area contributed by atoms with Gasteiger partial charge in [0, 0.05) is 25.5 Å². The third kappa shape index (κ3) is 7.43. The minimum absolute atomic E-state index is 0.499. The highest BCUT2D eigenvalue weighted by molar-refractivity contribution is 9.09. The van der Waals surface area contributed by atoms with E-state index in [0.717, 1.165) is 6.54 Å². The van der Waals surface area contributed by atoms with E-state index in [4.69, 9.17) is 4.74 Å². The summed E-state index contributed by atoms with van der Waals surface area (Å²) in [5.74, 6) is 0. The summed E-state index contributed by atoms with van der Waals surface area (Å²) in [6, 6.07) is 0. The Bertz CT molecular complexity index is 178. The third-order valence-electron chi connectivity index (χ3n) is 3.67. The van der Waals surface area contributed by atoms with Crippen LogP contribution in [0.15, 0.2) is 0 Å². The Kier molecular flexibility index (Phi) is 9.40. The van der Waals surface area contributed by atoms with E-state index in [1.54, 1.807) is 0 Å². The van der Waals surface area contributed by atoms with Crippen molar-refractivity contribution in [2.75, 3.05) is 32.1 Å². The minimum atomic E-state index is 0.499. The van der Waals surface area contributed by atoms with Gasteiger partial charge in [-0.15, -0.1) is 0 Å². The van der Waals surface area contributed by atoms with E-state index in [0.29, 0.717) is 6.10 Å². The zero-order chi connectivity index (χ0) is 12.3. The predicted molar refractivity (Wildman–Crippen MR) is 78.0 cm³/mol. The number of nitrogens with zero attached hydrogens (tertiary/aromatic N) is 1. The second kappa shape index (κ2) is 10.3. The Morgan fingerprint density at radius 1 is 1.06 bits per heavy atom. The minimum Gasteiger partial charge on any atom is -0.380 e. The molecule has 0 aliphatic carbocycles. The molecule has 1 unspecified atom stereocenters. The van der Waals surface area contributed by atoms with E-state index >= 15 is 0 Å². The second-order valence-electron chi connectivity index (χ2n) is 5.11. The van der Waals surface area contributed by atoms with Crippen LogP contribution in [-0.2, 0) is 4.74 Å². The lowest BCUT2D eigenvalue weighted by molar-refractivity contribution is 0.108. The molecule has 1 aliphatic rings. The van der Waals surface area contributed by atoms with Crippen LogP contribution in [0, 0.1) is 0 Å². The lowest BCUT2D eigenvalue weighted by Crippen LogP contribution is -2.23. The second-order valence-corrected chi connectivity index (χ2v) is 5.90. The SMILES string of the molecule is COC1CCN(CCCCCCCCCBr)C1. The first kappa shape index (κ1) is 15.5. The number of methoxy groups -OCH3 is 1. The highest BCUT2D eigenvalue weighted by Crippen LogP contribution is 2.13. The first-order valence-corrected chi connectivity index (χ1v) is 8.30. The molecule has 0 aromatic heterocycles. The summed E-state index contributed by atoms with van der Waals surface area (Å²) in [7, 11) is 1.83. The molecule has 0 aromatic rings. The zero-order valence-electron chi connectivity index (χ0n) is 11.3. The maximum absolute atomic E-state index is 5.38. The van der Waals surface area contributed by atoms with Crippen LogP contribution in [0.4, 0.5) is 0 Å². The number of likely N-dealkylation sites (tertiary alicyclic amines) is 1. The van der Waals surface area contributed by atoms with Gasteiger partial charge in [0.05, 0.1) is 6.10 Å². The van der Waals surface area contributed by atoms with E-state index in [1.807, 2.05) is 7.11 Å². The number of hydrogen-bond donors (Lipinski definition) is 0. The summed E-state index contributed by atoms with van der Waals surface area (Å²) >= 11 is 3.48. The van der Waals surface area contributed by atoms with Gasteiger partial charge >= 0.3 is 0 Å². The van der Waals surface area contributed by atoms with Gasteiger partial charge in [0.2, 0.25) is 0 Å². The number of halogens is 1. The van der Waals surface area contributed by atoms with Gasteiger partial charge in [-0.05, 0) is 25.8 Å². The Hall–Kier alpha value is 0.400. The van der Waals surface area contributed by atoms with Crippen molar-refractivity contribution in [2.45, 2.75) is 57.5 Å². The lowest BCUT2D eigenvalue weighted by Gasteiger charge is -2.15. The molecule has 1 fully saturated rings. The van der Waals surface area contributed by atoms with Crippen molar-refractivity contribution in [3.05, 3.63) is 0 Å². The van der Waals surface area contributed by atoms with Gasteiger partial charge in [0.15, 0.2) is 0 Å². The summed E-state index contributed by atoms with van der Waals surface area (Å²) in [6.45, 7) is 3.67. The Morgan fingerprint density at radius 3 is 2.29 bits per heavy atom. The summed E-state index contributed by atoms with van der Waals surface area (Å²) in [4.78, 5) is 2.55. The summed E-state index contributed by atoms with van der Waals surface area (Å²) < 4.78 is 5.38. The predicted octanol–water partition coefficient (Wildman–Crippen LogP) is 3.83. The van der Waals surface area contributed by atoms with E-state index in [9.17, 15) is 0 Å². The summed E-state index contributed by atoms with van der Waals surface area (Å²) in [6.07, 6.45) is 11.5. The molecule has 0 N–H and O–H groups in total. The lowest BCUT2D eigenvalue weighted by atomic mass is 10.1. The van der Waals surface area contributed by atoms with Crippen molar-refractivity contribution in [1.82, 2.24) is 4.90 Å². The van der Waals surface area contributed by atoms with Crippen molar-refractivity contribution in [3.8, 4) is 0 Å². The van der Waals surface area contributed by atoms with Gasteiger partial charge in [0.25, 0.3) is 0 Å². The van der Waals surface area contributed by atoms with Crippen LogP contribution in [0.1, 0.15) is 51.4 Å². The highest BCUT2D eigenvalue weighted by Gasteiger charge is 2.20. The fourth-order valence-corrected chi connectivity index (χ4v) is 2.90. The van der Waals surface area contributed by atoms with Crippen molar-refractivity contribution < 1.29 is 4.74 Å². The Labute approximate surface area is 115 Å². The molecule has 0 bridgehead atoms. The van der Waals surface area contributed by atoms with Gasteiger partial charge < -0.3 is 9.64 Å². The summed E-state index contributed by atoms with van der Waals surface area (Å²) in [5.41, 5.74) is 0. The maximum atomic E-state index is 5.38. The molecule has 0 aromatic carbocycles. The van der Waals surface area contributed by atoms with Gasteiger partial charge in [-0.25, -0.2) is 0 Å². The topological polar surface area (TPSA) is 12.5 Å². The Balaban J connectivity index is 1.81. The molecular formula is C14H28BrNO.